The Balaban J connectivity index is -0.000000336. The smallest absolute Gasteiger partial charge is 0.547 e. The third kappa shape index (κ3) is 47.3. The molecule has 0 fully saturated rings. The fourth-order valence-corrected chi connectivity index (χ4v) is 4.20. The van der Waals surface area contributed by atoms with Gasteiger partial charge in [0.25, 0.3) is 0 Å². The Bertz CT molecular complexity index is 1490. The van der Waals surface area contributed by atoms with Crippen LogP contribution in [-0.4, -0.2) is 99.4 Å². The summed E-state index contributed by atoms with van der Waals surface area (Å²) in [5.41, 5.74) is 1.72. The van der Waals surface area contributed by atoms with Gasteiger partial charge < -0.3 is 89.7 Å². The van der Waals surface area contributed by atoms with Crippen LogP contribution in [0.25, 0.3) is 18.2 Å². The van der Waals surface area contributed by atoms with Crippen molar-refractivity contribution in [2.45, 2.75) is 135 Å². The van der Waals surface area contributed by atoms with Crippen molar-refractivity contribution in [2.75, 3.05) is 0 Å². The minimum atomic E-state index is -1.36. The van der Waals surface area contributed by atoms with Crippen molar-refractivity contribution in [3.63, 3.8) is 0 Å². The number of aliphatic hydroxyl groups is 3. The number of H-pyrrole nitrogens is 3. The van der Waals surface area contributed by atoms with E-state index in [0.717, 1.165) is 95.3 Å². The first-order chi connectivity index (χ1) is 29.9. The van der Waals surface area contributed by atoms with Crippen molar-refractivity contribution in [3.8, 4) is 0 Å². The zero-order chi connectivity index (χ0) is 48.3. The van der Waals surface area contributed by atoms with Crippen LogP contribution in [0.3, 0.4) is 0 Å². The van der Waals surface area contributed by atoms with Crippen molar-refractivity contribution < 1.29 is 95.8 Å². The van der Waals surface area contributed by atoms with Crippen molar-refractivity contribution in [1.29, 1.82) is 0 Å². The van der Waals surface area contributed by atoms with Crippen LogP contribution in [0.5, 0.6) is 0 Å². The minimum Gasteiger partial charge on any atom is -0.547 e. The molecule has 0 saturated carbocycles. The maximum Gasteiger partial charge on any atom is 6.00 e. The SMILES string of the molecule is CCCCCCC(O)C(=O)[O-].CCCCCCC(O)C(=O)[O-].CCCCCCC(O)C(=O)[O-].O=C([O-])C=Cc1c[nH]cn1.O=C([O-])C=Cc1c[nH]cn1.O=C([O-])C=Cc1c[nH]cn1.[Mo+6]. The van der Waals surface area contributed by atoms with Gasteiger partial charge in [0.15, 0.2) is 0 Å². The molecule has 0 radical (unpaired) electrons. The maximum atomic E-state index is 10.0. The molecule has 64 heavy (non-hydrogen) atoms. The average Bonchev–Trinajstić information content (AvgIpc) is 4.07. The molecule has 22 heteroatoms. The van der Waals surface area contributed by atoms with E-state index < -0.39 is 54.1 Å². The molecule has 21 nitrogen and oxygen atoms in total. The van der Waals surface area contributed by atoms with Gasteiger partial charge in [0.05, 0.1) is 90.2 Å². The zero-order valence-electron chi connectivity index (χ0n) is 36.3. The van der Waals surface area contributed by atoms with Gasteiger partial charge in [0.2, 0.25) is 0 Å². The molecule has 3 unspecified atom stereocenters. The average molecular weight is 985 g/mol. The largest absolute Gasteiger partial charge is 6.00 e. The molecular weight excluding hydrogens is 924 g/mol. The van der Waals surface area contributed by atoms with Crippen molar-refractivity contribution in [1.82, 2.24) is 29.9 Å². The molecule has 0 spiro atoms. The summed E-state index contributed by atoms with van der Waals surface area (Å²) >= 11 is 0. The van der Waals surface area contributed by atoms with Crippen LogP contribution in [0.4, 0.5) is 0 Å². The van der Waals surface area contributed by atoms with E-state index >= 15 is 0 Å². The van der Waals surface area contributed by atoms with Gasteiger partial charge >= 0.3 is 21.1 Å². The van der Waals surface area contributed by atoms with E-state index in [2.05, 4.69) is 50.7 Å². The predicted octanol–water partition coefficient (Wildman–Crippen LogP) is -2.28. The van der Waals surface area contributed by atoms with Crippen LogP contribution in [0.2, 0.25) is 0 Å². The van der Waals surface area contributed by atoms with E-state index in [1.807, 2.05) is 0 Å². The molecular formula is C42H60MoN6O15. The van der Waals surface area contributed by atoms with Gasteiger partial charge in [-0.15, -0.1) is 0 Å². The molecule has 0 aromatic carbocycles. The van der Waals surface area contributed by atoms with Crippen LogP contribution < -0.4 is 30.6 Å². The number of carbonyl (C=O) groups excluding carboxylic acids is 6. The Hall–Kier alpha value is -5.76. The van der Waals surface area contributed by atoms with Crippen molar-refractivity contribution in [3.05, 3.63) is 72.9 Å². The van der Waals surface area contributed by atoms with Gasteiger partial charge in [-0.2, -0.15) is 0 Å². The normalized spacial score (nSPS) is 11.5. The molecule has 0 aliphatic carbocycles. The predicted molar refractivity (Wildman–Crippen MR) is 217 cm³/mol. The number of aromatic amines is 3. The summed E-state index contributed by atoms with van der Waals surface area (Å²) in [6.07, 6.45) is 25.0. The van der Waals surface area contributed by atoms with Crippen LogP contribution in [-0.2, 0) is 49.8 Å². The summed E-state index contributed by atoms with van der Waals surface area (Å²) in [6, 6.07) is 0. The van der Waals surface area contributed by atoms with Gasteiger partial charge in [0.1, 0.15) is 0 Å². The molecule has 354 valence electrons. The molecule has 0 aliphatic heterocycles. The Morgan fingerprint density at radius 3 is 0.859 bits per heavy atom. The summed E-state index contributed by atoms with van der Waals surface area (Å²) in [7, 11) is 0. The second kappa shape index (κ2) is 45.3. The van der Waals surface area contributed by atoms with Gasteiger partial charge in [-0.25, -0.2) is 15.0 Å². The topological polar surface area (TPSA) is 388 Å². The molecule has 0 aliphatic rings. The van der Waals surface area contributed by atoms with E-state index in [1.54, 1.807) is 18.6 Å². The number of hydrogen-bond acceptors (Lipinski definition) is 18. The van der Waals surface area contributed by atoms with Gasteiger partial charge in [-0.3, -0.25) is 0 Å². The standard InChI is InChI=1S/3C8H16O3.3C6H6N2O2.Mo/c3*1-2-3-4-5-6-7(9)8(10)11;3*9-6(10)2-1-5-3-7-4-8-5;/h3*7,9H,2-6H2,1H3,(H,10,11);3*1-4H,(H,7,8)(H,9,10);/q;;;;;;+6/p-6. The molecule has 0 amide bonds. The van der Waals surface area contributed by atoms with Gasteiger partial charge in [0, 0.05) is 18.6 Å². The summed E-state index contributed by atoms with van der Waals surface area (Å²) in [6.45, 7) is 6.24. The Morgan fingerprint density at radius 2 is 0.703 bits per heavy atom. The summed E-state index contributed by atoms with van der Waals surface area (Å²) in [4.78, 5) is 78.9. The number of carbonyl (C=O) groups is 6. The fraction of sp³-hybridized carbons (Fsp3) is 0.500. The second-order valence-corrected chi connectivity index (χ2v) is 13.0. The molecule has 3 aromatic rings. The first kappa shape index (κ1) is 64.9. The molecule has 3 atom stereocenters. The number of aliphatic carboxylic acids is 6. The van der Waals surface area contributed by atoms with E-state index in [-0.39, 0.29) is 21.1 Å². The number of unbranched alkanes of at least 4 members (excludes halogenated alkanes) is 9. The Morgan fingerprint density at radius 1 is 0.469 bits per heavy atom. The molecule has 0 bridgehead atoms. The molecule has 3 rings (SSSR count). The van der Waals surface area contributed by atoms with Crippen molar-refractivity contribution >= 4 is 54.0 Å². The third-order valence-corrected chi connectivity index (χ3v) is 7.54. The third-order valence-electron chi connectivity index (χ3n) is 7.54. The van der Waals surface area contributed by atoms with Gasteiger partial charge in [-0.05, 0) is 55.7 Å². The zero-order valence-corrected chi connectivity index (χ0v) is 38.3. The molecule has 3 aromatic heterocycles. The number of carboxylic acids is 6. The summed E-state index contributed by atoms with van der Waals surface area (Å²) in [5.74, 6) is -7.74. The Labute approximate surface area is 386 Å². The quantitative estimate of drug-likeness (QED) is 0.0313. The number of rotatable bonds is 24. The van der Waals surface area contributed by atoms with E-state index in [4.69, 9.17) is 15.3 Å². The number of hydrogen-bond donors (Lipinski definition) is 6. The number of aromatic nitrogens is 6. The van der Waals surface area contributed by atoms with E-state index in [9.17, 15) is 59.4 Å². The number of carboxylic acid groups (broad SMARTS) is 6. The second-order valence-electron chi connectivity index (χ2n) is 13.0. The minimum absolute atomic E-state index is 0. The first-order valence-electron chi connectivity index (χ1n) is 20.2. The number of aliphatic hydroxyl groups excluding tert-OH is 3. The van der Waals surface area contributed by atoms with Crippen LogP contribution >= 0.6 is 0 Å². The maximum absolute atomic E-state index is 10.0. The number of nitrogens with one attached hydrogen (secondary N) is 3. The first-order valence-corrected chi connectivity index (χ1v) is 20.2. The van der Waals surface area contributed by atoms with Crippen LogP contribution in [0, 0.1) is 0 Å². The fourth-order valence-electron chi connectivity index (χ4n) is 4.20. The monoisotopic (exact) mass is 986 g/mol. The summed E-state index contributed by atoms with van der Waals surface area (Å²) in [5, 5.41) is 85.9. The Kier molecular flexibility index (Phi) is 45.9. The molecule has 0 saturated heterocycles. The van der Waals surface area contributed by atoms with E-state index in [0.29, 0.717) is 36.3 Å². The molecule has 6 N–H and O–H groups in total. The summed E-state index contributed by atoms with van der Waals surface area (Å²) < 4.78 is 0. The number of nitrogens with zero attached hydrogens (tertiary/aromatic N) is 3. The number of imidazole rings is 3. The van der Waals surface area contributed by atoms with E-state index in [1.165, 1.54) is 37.2 Å². The van der Waals surface area contributed by atoms with Crippen LogP contribution in [0.15, 0.2) is 55.8 Å². The molecule has 3 heterocycles. The van der Waals surface area contributed by atoms with Crippen molar-refractivity contribution in [2.24, 2.45) is 0 Å². The van der Waals surface area contributed by atoms with Gasteiger partial charge in [-0.1, -0.05) is 97.8 Å². The van der Waals surface area contributed by atoms with Crippen LogP contribution in [0.1, 0.15) is 134 Å².